The molecule has 1 aromatic carbocycles. The topological polar surface area (TPSA) is 26.0 Å². The molecule has 2 heteroatoms. The molecule has 0 aliphatic rings. The van der Waals surface area contributed by atoms with Gasteiger partial charge in [-0.05, 0) is 55.5 Å². The van der Waals surface area contributed by atoms with E-state index < -0.39 is 0 Å². The van der Waals surface area contributed by atoms with Gasteiger partial charge in [-0.15, -0.1) is 0 Å². The number of nitrogens with two attached hydrogens (primary N) is 1. The summed E-state index contributed by atoms with van der Waals surface area (Å²) in [5.41, 5.74) is 9.75. The maximum atomic E-state index is 5.59. The summed E-state index contributed by atoms with van der Waals surface area (Å²) in [5, 5.41) is 0. The predicted molar refractivity (Wildman–Crippen MR) is 65.7 cm³/mol. The average molecular weight is 256 g/mol. The summed E-state index contributed by atoms with van der Waals surface area (Å²) in [7, 11) is 0. The second-order valence-corrected chi connectivity index (χ2v) is 4.74. The van der Waals surface area contributed by atoms with Crippen LogP contribution in [0, 0.1) is 13.8 Å². The molecule has 0 spiro atoms. The molecule has 2 N–H and O–H groups in total. The first kappa shape index (κ1) is 11.7. The number of rotatable bonds is 3. The van der Waals surface area contributed by atoms with Gasteiger partial charge in [0.1, 0.15) is 0 Å². The first-order chi connectivity index (χ1) is 6.57. The van der Waals surface area contributed by atoms with Crippen LogP contribution in [0.1, 0.15) is 36.0 Å². The molecule has 0 saturated heterocycles. The first-order valence-electron chi connectivity index (χ1n) is 5.03. The fourth-order valence-electron chi connectivity index (χ4n) is 1.80. The van der Waals surface area contributed by atoms with Crippen LogP contribution in [0.15, 0.2) is 16.6 Å². The van der Waals surface area contributed by atoms with Gasteiger partial charge in [0, 0.05) is 4.47 Å². The standard InChI is InChI=1S/C12H18BrN/c1-8-4-5-11(13)12(10(8)3)9(2)6-7-14/h4-5,9H,6-7,14H2,1-3H3. The van der Waals surface area contributed by atoms with Gasteiger partial charge in [-0.2, -0.15) is 0 Å². The van der Waals surface area contributed by atoms with Crippen molar-refractivity contribution in [1.82, 2.24) is 0 Å². The van der Waals surface area contributed by atoms with E-state index in [4.69, 9.17) is 5.73 Å². The smallest absolute Gasteiger partial charge is 0.0212 e. The lowest BCUT2D eigenvalue weighted by Gasteiger charge is -2.17. The van der Waals surface area contributed by atoms with Crippen molar-refractivity contribution in [3.63, 3.8) is 0 Å². The van der Waals surface area contributed by atoms with E-state index in [2.05, 4.69) is 48.8 Å². The number of halogens is 1. The van der Waals surface area contributed by atoms with Gasteiger partial charge in [-0.3, -0.25) is 0 Å². The van der Waals surface area contributed by atoms with E-state index in [9.17, 15) is 0 Å². The third kappa shape index (κ3) is 2.37. The normalized spacial score (nSPS) is 12.9. The van der Waals surface area contributed by atoms with Gasteiger partial charge >= 0.3 is 0 Å². The molecule has 1 rings (SSSR count). The van der Waals surface area contributed by atoms with Crippen molar-refractivity contribution in [2.75, 3.05) is 6.54 Å². The molecule has 0 radical (unpaired) electrons. The van der Waals surface area contributed by atoms with Crippen molar-refractivity contribution in [2.45, 2.75) is 33.1 Å². The van der Waals surface area contributed by atoms with Gasteiger partial charge in [0.25, 0.3) is 0 Å². The van der Waals surface area contributed by atoms with E-state index in [1.807, 2.05) is 0 Å². The van der Waals surface area contributed by atoms with E-state index in [1.165, 1.54) is 21.2 Å². The highest BCUT2D eigenvalue weighted by Crippen LogP contribution is 2.31. The fourth-order valence-corrected chi connectivity index (χ4v) is 2.62. The number of benzene rings is 1. The van der Waals surface area contributed by atoms with Crippen molar-refractivity contribution >= 4 is 15.9 Å². The Labute approximate surface area is 94.8 Å². The van der Waals surface area contributed by atoms with Gasteiger partial charge in [0.15, 0.2) is 0 Å². The molecule has 14 heavy (non-hydrogen) atoms. The minimum Gasteiger partial charge on any atom is -0.330 e. The SMILES string of the molecule is Cc1ccc(Br)c(C(C)CCN)c1C. The molecule has 0 aliphatic heterocycles. The highest BCUT2D eigenvalue weighted by atomic mass is 79.9. The van der Waals surface area contributed by atoms with Crippen LogP contribution < -0.4 is 5.73 Å². The quantitative estimate of drug-likeness (QED) is 0.879. The molecule has 0 aromatic heterocycles. The molecule has 0 heterocycles. The first-order valence-corrected chi connectivity index (χ1v) is 5.83. The van der Waals surface area contributed by atoms with Crippen molar-refractivity contribution in [3.8, 4) is 0 Å². The van der Waals surface area contributed by atoms with Gasteiger partial charge in [0.2, 0.25) is 0 Å². The van der Waals surface area contributed by atoms with Crippen molar-refractivity contribution in [3.05, 3.63) is 33.3 Å². The fraction of sp³-hybridized carbons (Fsp3) is 0.500. The van der Waals surface area contributed by atoms with E-state index >= 15 is 0 Å². The maximum Gasteiger partial charge on any atom is 0.0212 e. The van der Waals surface area contributed by atoms with Crippen LogP contribution in [0.3, 0.4) is 0 Å². The van der Waals surface area contributed by atoms with Crippen LogP contribution in [0.2, 0.25) is 0 Å². The molecule has 1 atom stereocenters. The highest BCUT2D eigenvalue weighted by molar-refractivity contribution is 9.10. The van der Waals surface area contributed by atoms with E-state index in [0.29, 0.717) is 5.92 Å². The van der Waals surface area contributed by atoms with E-state index in [0.717, 1.165) is 13.0 Å². The average Bonchev–Trinajstić information content (AvgIpc) is 2.13. The molecule has 0 aliphatic carbocycles. The number of hydrogen-bond acceptors (Lipinski definition) is 1. The Morgan fingerprint density at radius 3 is 2.57 bits per heavy atom. The molecule has 0 bridgehead atoms. The van der Waals surface area contributed by atoms with Crippen molar-refractivity contribution < 1.29 is 0 Å². The zero-order valence-electron chi connectivity index (χ0n) is 9.10. The van der Waals surface area contributed by atoms with E-state index in [-0.39, 0.29) is 0 Å². The van der Waals surface area contributed by atoms with Gasteiger partial charge in [-0.25, -0.2) is 0 Å². The van der Waals surface area contributed by atoms with Gasteiger partial charge in [-0.1, -0.05) is 28.9 Å². The van der Waals surface area contributed by atoms with Crippen LogP contribution in [0.25, 0.3) is 0 Å². The summed E-state index contributed by atoms with van der Waals surface area (Å²) < 4.78 is 1.21. The molecule has 1 unspecified atom stereocenters. The molecule has 1 aromatic rings. The van der Waals surface area contributed by atoms with E-state index in [1.54, 1.807) is 0 Å². The molecular formula is C12H18BrN. The number of aryl methyl sites for hydroxylation is 1. The Morgan fingerprint density at radius 1 is 1.36 bits per heavy atom. The third-order valence-corrected chi connectivity index (χ3v) is 3.52. The Morgan fingerprint density at radius 2 is 2.00 bits per heavy atom. The Hall–Kier alpha value is -0.340. The van der Waals surface area contributed by atoms with Crippen LogP contribution in [-0.4, -0.2) is 6.54 Å². The molecule has 78 valence electrons. The Bertz CT molecular complexity index is 320. The summed E-state index contributed by atoms with van der Waals surface area (Å²) >= 11 is 3.61. The maximum absolute atomic E-state index is 5.59. The second-order valence-electron chi connectivity index (χ2n) is 3.88. The van der Waals surface area contributed by atoms with Crippen LogP contribution >= 0.6 is 15.9 Å². The molecule has 0 saturated carbocycles. The summed E-state index contributed by atoms with van der Waals surface area (Å²) in [4.78, 5) is 0. The Balaban J connectivity index is 3.11. The molecule has 0 amide bonds. The lowest BCUT2D eigenvalue weighted by molar-refractivity contribution is 0.682. The lowest BCUT2D eigenvalue weighted by atomic mass is 9.91. The minimum absolute atomic E-state index is 0.536. The van der Waals surface area contributed by atoms with Crippen molar-refractivity contribution in [2.24, 2.45) is 5.73 Å². The zero-order valence-corrected chi connectivity index (χ0v) is 10.7. The second kappa shape index (κ2) is 4.94. The van der Waals surface area contributed by atoms with Gasteiger partial charge in [0.05, 0.1) is 0 Å². The largest absolute Gasteiger partial charge is 0.330 e. The minimum atomic E-state index is 0.536. The lowest BCUT2D eigenvalue weighted by Crippen LogP contribution is -2.07. The predicted octanol–water partition coefficient (Wildman–Crippen LogP) is 3.52. The molecule has 1 nitrogen and oxygen atoms in total. The zero-order chi connectivity index (χ0) is 10.7. The van der Waals surface area contributed by atoms with Gasteiger partial charge < -0.3 is 5.73 Å². The summed E-state index contributed by atoms with van der Waals surface area (Å²) in [6.07, 6.45) is 1.04. The summed E-state index contributed by atoms with van der Waals surface area (Å²) in [6, 6.07) is 4.28. The highest BCUT2D eigenvalue weighted by Gasteiger charge is 2.12. The van der Waals surface area contributed by atoms with Crippen LogP contribution in [0.4, 0.5) is 0 Å². The Kier molecular flexibility index (Phi) is 4.14. The molecular weight excluding hydrogens is 238 g/mol. The van der Waals surface area contributed by atoms with Crippen molar-refractivity contribution in [1.29, 1.82) is 0 Å². The number of hydrogen-bond donors (Lipinski definition) is 1. The monoisotopic (exact) mass is 255 g/mol. The molecule has 0 fully saturated rings. The van der Waals surface area contributed by atoms with Crippen LogP contribution in [-0.2, 0) is 0 Å². The van der Waals surface area contributed by atoms with Crippen LogP contribution in [0.5, 0.6) is 0 Å². The third-order valence-electron chi connectivity index (χ3n) is 2.82. The summed E-state index contributed by atoms with van der Waals surface area (Å²) in [6.45, 7) is 7.32. The summed E-state index contributed by atoms with van der Waals surface area (Å²) in [5.74, 6) is 0.536.